The maximum absolute atomic E-state index is 13.6. The molecule has 4 N–H and O–H groups in total. The van der Waals surface area contributed by atoms with Gasteiger partial charge in [0.15, 0.2) is 0 Å². The van der Waals surface area contributed by atoms with Gasteiger partial charge in [0.25, 0.3) is 0 Å². The molecule has 2 fully saturated rings. The summed E-state index contributed by atoms with van der Waals surface area (Å²) in [4.78, 5) is 21.6. The highest BCUT2D eigenvalue weighted by atomic mass is 19.4. The summed E-state index contributed by atoms with van der Waals surface area (Å²) in [5.74, 6) is -1.70. The molecule has 2 aliphatic carbocycles. The number of hydrogen-bond donors (Lipinski definition) is 4. The molecule has 0 aromatic heterocycles. The number of halogens is 6. The Morgan fingerprint density at radius 3 is 1.16 bits per heavy atom. The van der Waals surface area contributed by atoms with E-state index in [0.717, 1.165) is 0 Å². The second-order valence-electron chi connectivity index (χ2n) is 8.81. The highest BCUT2D eigenvalue weighted by Gasteiger charge is 2.56. The second kappa shape index (κ2) is 9.72. The van der Waals surface area contributed by atoms with Gasteiger partial charge in [-0.1, -0.05) is 0 Å². The molecule has 0 bridgehead atoms. The smallest absolute Gasteiger partial charge is 0.404 e. The van der Waals surface area contributed by atoms with Gasteiger partial charge in [-0.25, -0.2) is 9.59 Å². The molecular formula is C19H28F6N2O4. The van der Waals surface area contributed by atoms with Crippen LogP contribution in [-0.2, 0) is 0 Å². The number of rotatable bonds is 6. The molecule has 12 heteroatoms. The summed E-state index contributed by atoms with van der Waals surface area (Å²) in [6.07, 6.45) is -14.2. The third-order valence-electron chi connectivity index (χ3n) is 6.79. The van der Waals surface area contributed by atoms with Gasteiger partial charge in [0.1, 0.15) is 0 Å². The van der Waals surface area contributed by atoms with Gasteiger partial charge in [-0.05, 0) is 68.6 Å². The fraction of sp³-hybridized carbons (Fsp3) is 0.895. The SMILES string of the molecule is O=C(O)NC1CCC(C(CC(F)(F)F)(CC(F)(F)F)C2CCC(NC(=O)O)CC2)CC1. The third kappa shape index (κ3) is 7.64. The summed E-state index contributed by atoms with van der Waals surface area (Å²) in [5, 5.41) is 22.2. The standard InChI is InChI=1S/C19H28F6N2O4/c20-18(21,22)9-17(10-19(23,24)25,11-1-5-13(6-2-11)26-15(28)29)12-3-7-14(8-4-12)27-16(30)31/h11-14,26-27H,1-10H2,(H,28,29)(H,30,31). The van der Waals surface area contributed by atoms with Crippen LogP contribution in [0.3, 0.4) is 0 Å². The van der Waals surface area contributed by atoms with Gasteiger partial charge in [-0.3, -0.25) is 0 Å². The Hall–Kier alpha value is -1.88. The van der Waals surface area contributed by atoms with Gasteiger partial charge >= 0.3 is 24.5 Å². The van der Waals surface area contributed by atoms with Crippen LogP contribution in [0.2, 0.25) is 0 Å². The van der Waals surface area contributed by atoms with Crippen molar-refractivity contribution >= 4 is 12.2 Å². The Kier molecular flexibility index (Phi) is 7.96. The average molecular weight is 462 g/mol. The number of carboxylic acid groups (broad SMARTS) is 2. The molecule has 0 atom stereocenters. The molecule has 0 spiro atoms. The minimum Gasteiger partial charge on any atom is -0.465 e. The maximum atomic E-state index is 13.6. The van der Waals surface area contributed by atoms with Crippen LogP contribution in [0.15, 0.2) is 0 Å². The van der Waals surface area contributed by atoms with E-state index in [-0.39, 0.29) is 51.4 Å². The second-order valence-corrected chi connectivity index (χ2v) is 8.81. The molecule has 0 aromatic carbocycles. The normalized spacial score (nSPS) is 28.1. The molecule has 0 saturated heterocycles. The van der Waals surface area contributed by atoms with Crippen molar-refractivity contribution in [2.24, 2.45) is 17.3 Å². The molecule has 0 unspecified atom stereocenters. The summed E-state index contributed by atoms with van der Waals surface area (Å²) in [6.45, 7) is 0. The van der Waals surface area contributed by atoms with Crippen molar-refractivity contribution in [3.05, 3.63) is 0 Å². The molecule has 0 aromatic rings. The van der Waals surface area contributed by atoms with Crippen molar-refractivity contribution in [3.63, 3.8) is 0 Å². The van der Waals surface area contributed by atoms with Gasteiger partial charge in [-0.2, -0.15) is 26.3 Å². The minimum absolute atomic E-state index is 0.0738. The number of hydrogen-bond acceptors (Lipinski definition) is 2. The van der Waals surface area contributed by atoms with Crippen molar-refractivity contribution in [3.8, 4) is 0 Å². The Balaban J connectivity index is 2.29. The monoisotopic (exact) mass is 462 g/mol. The Bertz CT molecular complexity index is 570. The first-order valence-electron chi connectivity index (χ1n) is 10.3. The van der Waals surface area contributed by atoms with Crippen LogP contribution in [-0.4, -0.2) is 46.8 Å². The molecule has 180 valence electrons. The van der Waals surface area contributed by atoms with Gasteiger partial charge in [-0.15, -0.1) is 0 Å². The molecule has 31 heavy (non-hydrogen) atoms. The molecule has 2 amide bonds. The van der Waals surface area contributed by atoms with E-state index in [2.05, 4.69) is 10.6 Å². The van der Waals surface area contributed by atoms with Crippen LogP contribution in [0.25, 0.3) is 0 Å². The van der Waals surface area contributed by atoms with Crippen LogP contribution in [0.5, 0.6) is 0 Å². The zero-order chi connectivity index (χ0) is 23.4. The largest absolute Gasteiger partial charge is 0.465 e. The van der Waals surface area contributed by atoms with E-state index >= 15 is 0 Å². The summed E-state index contributed by atoms with van der Waals surface area (Å²) in [6, 6.07) is -0.975. The lowest BCUT2D eigenvalue weighted by molar-refractivity contribution is -0.223. The van der Waals surface area contributed by atoms with Crippen molar-refractivity contribution in [1.82, 2.24) is 10.6 Å². The molecular weight excluding hydrogens is 434 g/mol. The highest BCUT2D eigenvalue weighted by molar-refractivity contribution is 5.65. The zero-order valence-corrected chi connectivity index (χ0v) is 16.9. The predicted octanol–water partition coefficient (Wildman–Crippen LogP) is 5.53. The summed E-state index contributed by atoms with van der Waals surface area (Å²) in [7, 11) is 0. The summed E-state index contributed by atoms with van der Waals surface area (Å²) >= 11 is 0. The predicted molar refractivity (Wildman–Crippen MR) is 97.6 cm³/mol. The fourth-order valence-corrected chi connectivity index (χ4v) is 5.69. The molecule has 2 saturated carbocycles. The molecule has 2 rings (SSSR count). The Morgan fingerprint density at radius 2 is 0.935 bits per heavy atom. The van der Waals surface area contributed by atoms with Crippen molar-refractivity contribution in [1.29, 1.82) is 0 Å². The van der Waals surface area contributed by atoms with Gasteiger partial charge < -0.3 is 20.8 Å². The average Bonchev–Trinajstić information content (AvgIpc) is 2.59. The number of amides is 2. The molecule has 0 heterocycles. The van der Waals surface area contributed by atoms with Crippen molar-refractivity contribution in [2.75, 3.05) is 0 Å². The number of alkyl halides is 6. The first kappa shape index (κ1) is 25.4. The van der Waals surface area contributed by atoms with Crippen LogP contribution in [0.4, 0.5) is 35.9 Å². The minimum atomic E-state index is -4.79. The lowest BCUT2D eigenvalue weighted by atomic mass is 9.55. The van der Waals surface area contributed by atoms with E-state index in [1.54, 1.807) is 0 Å². The van der Waals surface area contributed by atoms with E-state index in [1.807, 2.05) is 0 Å². The quantitative estimate of drug-likeness (QED) is 0.390. The first-order valence-corrected chi connectivity index (χ1v) is 10.3. The maximum Gasteiger partial charge on any atom is 0.404 e. The van der Waals surface area contributed by atoms with Gasteiger partial charge in [0.2, 0.25) is 0 Å². The topological polar surface area (TPSA) is 98.7 Å². The summed E-state index contributed by atoms with van der Waals surface area (Å²) < 4.78 is 81.5. The van der Waals surface area contributed by atoms with Gasteiger partial charge in [0, 0.05) is 24.9 Å². The Labute approximate surface area is 175 Å². The van der Waals surface area contributed by atoms with E-state index in [4.69, 9.17) is 10.2 Å². The van der Waals surface area contributed by atoms with E-state index < -0.39 is 66.7 Å². The van der Waals surface area contributed by atoms with E-state index in [0.29, 0.717) is 0 Å². The van der Waals surface area contributed by atoms with Crippen molar-refractivity contribution < 1.29 is 46.1 Å². The molecule has 2 aliphatic rings. The third-order valence-corrected chi connectivity index (χ3v) is 6.79. The number of carbonyl (C=O) groups is 2. The van der Waals surface area contributed by atoms with Crippen molar-refractivity contribution in [2.45, 2.75) is 88.6 Å². The highest BCUT2D eigenvalue weighted by Crippen LogP contribution is 2.58. The summed E-state index contributed by atoms with van der Waals surface area (Å²) in [5.41, 5.74) is -2.04. The van der Waals surface area contributed by atoms with E-state index in [1.165, 1.54) is 0 Å². The lowest BCUT2D eigenvalue weighted by Crippen LogP contribution is -2.50. The van der Waals surface area contributed by atoms with Gasteiger partial charge in [0.05, 0.1) is 0 Å². The van der Waals surface area contributed by atoms with E-state index in [9.17, 15) is 35.9 Å². The van der Waals surface area contributed by atoms with Crippen LogP contribution >= 0.6 is 0 Å². The first-order chi connectivity index (χ1) is 14.2. The molecule has 6 nitrogen and oxygen atoms in total. The zero-order valence-electron chi connectivity index (χ0n) is 16.9. The molecule has 0 radical (unpaired) electrons. The molecule has 0 aliphatic heterocycles. The van der Waals surface area contributed by atoms with Crippen LogP contribution in [0.1, 0.15) is 64.2 Å². The fourth-order valence-electron chi connectivity index (χ4n) is 5.69. The Morgan fingerprint density at radius 1 is 0.645 bits per heavy atom. The van der Waals surface area contributed by atoms with Crippen LogP contribution < -0.4 is 10.6 Å². The number of nitrogens with one attached hydrogen (secondary N) is 2. The van der Waals surface area contributed by atoms with Crippen LogP contribution in [0, 0.1) is 17.3 Å². The lowest BCUT2D eigenvalue weighted by Gasteiger charge is -2.51.